The summed E-state index contributed by atoms with van der Waals surface area (Å²) in [6.07, 6.45) is 0.915. The van der Waals surface area contributed by atoms with Crippen molar-refractivity contribution < 1.29 is 19.1 Å². The summed E-state index contributed by atoms with van der Waals surface area (Å²) >= 11 is 0. The maximum atomic E-state index is 12.7. The average Bonchev–Trinajstić information content (AvgIpc) is 2.87. The first-order chi connectivity index (χ1) is 16.5. The molecule has 0 bridgehead atoms. The number of rotatable bonds is 8. The van der Waals surface area contributed by atoms with Gasteiger partial charge in [-0.1, -0.05) is 31.2 Å². The molecule has 0 spiro atoms. The predicted octanol–water partition coefficient (Wildman–Crippen LogP) is 7.47. The summed E-state index contributed by atoms with van der Waals surface area (Å²) in [6, 6.07) is 24.9. The van der Waals surface area contributed by atoms with Crippen LogP contribution in [0.25, 0.3) is 10.8 Å². The summed E-state index contributed by atoms with van der Waals surface area (Å²) in [5.41, 5.74) is 2.34. The van der Waals surface area contributed by atoms with Gasteiger partial charge >= 0.3 is 5.97 Å². The van der Waals surface area contributed by atoms with E-state index in [2.05, 4.69) is 10.2 Å². The Hall–Kier alpha value is -4.32. The van der Waals surface area contributed by atoms with Gasteiger partial charge in [0.05, 0.1) is 23.5 Å². The zero-order valence-electron chi connectivity index (χ0n) is 19.0. The quantitative estimate of drug-likeness (QED) is 0.120. The highest BCUT2D eigenvalue weighted by Crippen LogP contribution is 2.34. The highest BCUT2D eigenvalue weighted by atomic mass is 16.5. The van der Waals surface area contributed by atoms with Crippen LogP contribution in [0, 0.1) is 0 Å². The van der Waals surface area contributed by atoms with Crippen molar-refractivity contribution in [1.82, 2.24) is 0 Å². The van der Waals surface area contributed by atoms with Crippen molar-refractivity contribution in [1.29, 1.82) is 0 Å². The van der Waals surface area contributed by atoms with Crippen LogP contribution in [-0.2, 0) is 0 Å². The van der Waals surface area contributed by atoms with Crippen LogP contribution in [0.1, 0.15) is 41.0 Å². The first kappa shape index (κ1) is 22.9. The Kier molecular flexibility index (Phi) is 7.08. The van der Waals surface area contributed by atoms with Crippen LogP contribution in [0.5, 0.6) is 11.5 Å². The Bertz CT molecular complexity index is 1340. The van der Waals surface area contributed by atoms with E-state index in [0.717, 1.165) is 22.9 Å². The largest absolute Gasteiger partial charge is 0.494 e. The predicted molar refractivity (Wildman–Crippen MR) is 132 cm³/mol. The Morgan fingerprint density at radius 3 is 2.12 bits per heavy atom. The number of hydrogen-bond acceptors (Lipinski definition) is 6. The van der Waals surface area contributed by atoms with E-state index in [1.165, 1.54) is 6.92 Å². The minimum Gasteiger partial charge on any atom is -0.494 e. The number of fused-ring (bicyclic) bond motifs is 1. The van der Waals surface area contributed by atoms with Gasteiger partial charge < -0.3 is 9.47 Å². The molecule has 0 aliphatic heterocycles. The van der Waals surface area contributed by atoms with Gasteiger partial charge in [-0.15, -0.1) is 5.11 Å². The summed E-state index contributed by atoms with van der Waals surface area (Å²) in [5.74, 6) is 0.707. The molecule has 0 saturated heterocycles. The van der Waals surface area contributed by atoms with Crippen molar-refractivity contribution in [3.63, 3.8) is 0 Å². The summed E-state index contributed by atoms with van der Waals surface area (Å²) in [5, 5.41) is 10.2. The molecule has 0 amide bonds. The maximum Gasteiger partial charge on any atom is 0.343 e. The fourth-order valence-corrected chi connectivity index (χ4v) is 3.37. The first-order valence-electron chi connectivity index (χ1n) is 11.0. The zero-order valence-corrected chi connectivity index (χ0v) is 19.0. The van der Waals surface area contributed by atoms with Gasteiger partial charge in [0.25, 0.3) is 0 Å². The molecule has 0 aromatic heterocycles. The van der Waals surface area contributed by atoms with Crippen molar-refractivity contribution in [2.45, 2.75) is 20.3 Å². The van der Waals surface area contributed by atoms with Crippen LogP contribution < -0.4 is 9.47 Å². The molecule has 170 valence electrons. The van der Waals surface area contributed by atoms with Crippen molar-refractivity contribution in [3.05, 3.63) is 96.1 Å². The van der Waals surface area contributed by atoms with E-state index in [1.807, 2.05) is 31.2 Å². The molecular weight excluding hydrogens is 428 g/mol. The summed E-state index contributed by atoms with van der Waals surface area (Å²) < 4.78 is 11.3. The second kappa shape index (κ2) is 10.5. The molecule has 0 radical (unpaired) electrons. The van der Waals surface area contributed by atoms with Crippen molar-refractivity contribution in [2.75, 3.05) is 6.61 Å². The van der Waals surface area contributed by atoms with Gasteiger partial charge in [0.15, 0.2) is 5.78 Å². The summed E-state index contributed by atoms with van der Waals surface area (Å²) in [6.45, 7) is 4.19. The average molecular weight is 453 g/mol. The number of ketones is 1. The van der Waals surface area contributed by atoms with Crippen molar-refractivity contribution in [2.24, 2.45) is 10.2 Å². The maximum absolute atomic E-state index is 12.7. The van der Waals surface area contributed by atoms with E-state index in [1.54, 1.807) is 60.7 Å². The lowest BCUT2D eigenvalue weighted by molar-refractivity contribution is 0.0737. The fourth-order valence-electron chi connectivity index (χ4n) is 3.37. The normalized spacial score (nSPS) is 11.0. The summed E-state index contributed by atoms with van der Waals surface area (Å²) in [4.78, 5) is 24.2. The van der Waals surface area contributed by atoms with E-state index in [0.29, 0.717) is 34.9 Å². The number of Topliss-reactive ketones (excluding diaryl/α,β-unsaturated/α-hetero) is 1. The number of ether oxygens (including phenoxy) is 2. The second-order valence-electron chi connectivity index (χ2n) is 7.69. The van der Waals surface area contributed by atoms with Gasteiger partial charge in [-0.25, -0.2) is 4.79 Å². The molecule has 0 heterocycles. The Morgan fingerprint density at radius 2 is 1.44 bits per heavy atom. The molecule has 0 aliphatic carbocycles. The van der Waals surface area contributed by atoms with Crippen LogP contribution in [0.2, 0.25) is 0 Å². The molecule has 6 nitrogen and oxygen atoms in total. The number of esters is 1. The van der Waals surface area contributed by atoms with Crippen LogP contribution in [0.3, 0.4) is 0 Å². The smallest absolute Gasteiger partial charge is 0.343 e. The third-order valence-electron chi connectivity index (χ3n) is 5.17. The van der Waals surface area contributed by atoms with E-state index < -0.39 is 5.97 Å². The Labute approximate surface area is 197 Å². The standard InChI is InChI=1S/C28H24N2O4/c1-3-18-33-23-14-10-21(11-15-23)28(32)34-27-17-16-26(24-6-4-5-7-25(24)27)30-29-22-12-8-20(9-13-22)19(2)31/h4-17H,3,18H2,1-2H3. The third kappa shape index (κ3) is 5.35. The monoisotopic (exact) mass is 452 g/mol. The molecular formula is C28H24N2O4. The molecule has 0 unspecified atom stereocenters. The number of carbonyl (C=O) groups excluding carboxylic acids is 2. The lowest BCUT2D eigenvalue weighted by Gasteiger charge is -2.10. The minimum absolute atomic E-state index is 0.000360. The highest BCUT2D eigenvalue weighted by molar-refractivity contribution is 6.00. The van der Waals surface area contributed by atoms with E-state index >= 15 is 0 Å². The Morgan fingerprint density at radius 1 is 0.765 bits per heavy atom. The third-order valence-corrected chi connectivity index (χ3v) is 5.17. The van der Waals surface area contributed by atoms with Gasteiger partial charge in [-0.05, 0) is 74.0 Å². The number of nitrogens with zero attached hydrogens (tertiary/aromatic N) is 2. The minimum atomic E-state index is -0.452. The molecule has 4 aromatic carbocycles. The van der Waals surface area contributed by atoms with Crippen LogP contribution in [0.4, 0.5) is 11.4 Å². The van der Waals surface area contributed by atoms with E-state index in [9.17, 15) is 9.59 Å². The number of carbonyl (C=O) groups is 2. The molecule has 0 N–H and O–H groups in total. The molecule has 6 heteroatoms. The first-order valence-corrected chi connectivity index (χ1v) is 11.0. The summed E-state index contributed by atoms with van der Waals surface area (Å²) in [7, 11) is 0. The van der Waals surface area contributed by atoms with Gasteiger partial charge in [-0.3, -0.25) is 4.79 Å². The molecule has 0 saturated carbocycles. The molecule has 0 fully saturated rings. The zero-order chi connectivity index (χ0) is 23.9. The molecule has 34 heavy (non-hydrogen) atoms. The number of azo groups is 1. The van der Waals surface area contributed by atoms with E-state index in [-0.39, 0.29) is 5.78 Å². The molecule has 4 rings (SSSR count). The fraction of sp³-hybridized carbons (Fsp3) is 0.143. The number of hydrogen-bond donors (Lipinski definition) is 0. The molecule has 0 atom stereocenters. The molecule has 0 aliphatic rings. The van der Waals surface area contributed by atoms with Gasteiger partial charge in [-0.2, -0.15) is 5.11 Å². The lowest BCUT2D eigenvalue weighted by atomic mass is 10.1. The second-order valence-corrected chi connectivity index (χ2v) is 7.69. The van der Waals surface area contributed by atoms with Crippen LogP contribution in [0.15, 0.2) is 95.2 Å². The highest BCUT2D eigenvalue weighted by Gasteiger charge is 2.13. The van der Waals surface area contributed by atoms with Gasteiger partial charge in [0, 0.05) is 16.3 Å². The topological polar surface area (TPSA) is 77.3 Å². The van der Waals surface area contributed by atoms with Gasteiger partial charge in [0.2, 0.25) is 0 Å². The van der Waals surface area contributed by atoms with Crippen LogP contribution in [-0.4, -0.2) is 18.4 Å². The van der Waals surface area contributed by atoms with Gasteiger partial charge in [0.1, 0.15) is 11.5 Å². The van der Waals surface area contributed by atoms with Crippen LogP contribution >= 0.6 is 0 Å². The number of benzene rings is 4. The van der Waals surface area contributed by atoms with E-state index in [4.69, 9.17) is 9.47 Å². The molecule has 4 aromatic rings. The van der Waals surface area contributed by atoms with Crippen molar-refractivity contribution in [3.8, 4) is 11.5 Å². The SMILES string of the molecule is CCCOc1ccc(C(=O)Oc2ccc(N=Nc3ccc(C(C)=O)cc3)c3ccccc23)cc1. The van der Waals surface area contributed by atoms with Crippen molar-refractivity contribution >= 4 is 33.9 Å². The lowest BCUT2D eigenvalue weighted by Crippen LogP contribution is -2.08. The Balaban J connectivity index is 1.55.